The largest absolute Gasteiger partial charge is 0.318 e. The molecule has 1 aromatic rings. The highest BCUT2D eigenvalue weighted by Gasteiger charge is 2.18. The lowest BCUT2D eigenvalue weighted by molar-refractivity contribution is 0.996. The maximum Gasteiger partial charge on any atom is 0.115 e. The average molecular weight is 183 g/mol. The topological polar surface area (TPSA) is 28.5 Å². The van der Waals surface area contributed by atoms with Crippen molar-refractivity contribution in [1.29, 1.82) is 0 Å². The quantitative estimate of drug-likeness (QED) is 0.614. The molecule has 0 fully saturated rings. The van der Waals surface area contributed by atoms with Gasteiger partial charge in [0.15, 0.2) is 0 Å². The Morgan fingerprint density at radius 1 is 1.36 bits per heavy atom. The molecule has 0 atom stereocenters. The Morgan fingerprint density at radius 2 is 2.36 bits per heavy atom. The highest BCUT2D eigenvalue weighted by atomic mass is 15.3. The van der Waals surface area contributed by atoms with Crippen molar-refractivity contribution < 1.29 is 0 Å². The van der Waals surface area contributed by atoms with E-state index in [1.807, 2.05) is 30.6 Å². The van der Waals surface area contributed by atoms with Gasteiger partial charge in [0.05, 0.1) is 17.1 Å². The first-order valence-electron chi connectivity index (χ1n) is 4.56. The van der Waals surface area contributed by atoms with Gasteiger partial charge in [-0.1, -0.05) is 6.08 Å². The van der Waals surface area contributed by atoms with E-state index in [0.29, 0.717) is 6.67 Å². The molecule has 0 spiro atoms. The van der Waals surface area contributed by atoms with Crippen molar-refractivity contribution in [1.82, 2.24) is 4.98 Å². The lowest BCUT2D eigenvalue weighted by atomic mass is 10.2. The summed E-state index contributed by atoms with van der Waals surface area (Å²) in [7, 11) is 0. The third kappa shape index (κ3) is 0.988. The highest BCUT2D eigenvalue weighted by molar-refractivity contribution is 5.90. The van der Waals surface area contributed by atoms with Gasteiger partial charge in [0.2, 0.25) is 0 Å². The third-order valence-electron chi connectivity index (χ3n) is 2.39. The Kier molecular flexibility index (Phi) is 1.50. The van der Waals surface area contributed by atoms with Crippen LogP contribution in [0.25, 0.3) is 6.08 Å². The number of aromatic nitrogens is 1. The van der Waals surface area contributed by atoms with Gasteiger partial charge in [-0.25, -0.2) is 0 Å². The zero-order chi connectivity index (χ0) is 9.38. The summed E-state index contributed by atoms with van der Waals surface area (Å²) in [5.41, 5.74) is 3.27. The van der Waals surface area contributed by atoms with Gasteiger partial charge < -0.3 is 4.90 Å². The molecule has 0 aromatic carbocycles. The third-order valence-corrected chi connectivity index (χ3v) is 2.39. The Hall–Kier alpha value is -1.90. The molecule has 0 unspecified atom stereocenters. The summed E-state index contributed by atoms with van der Waals surface area (Å²) in [4.78, 5) is 10.7. The van der Waals surface area contributed by atoms with Crippen molar-refractivity contribution in [3.8, 4) is 0 Å². The number of rotatable bonds is 0. The van der Waals surface area contributed by atoms with Crippen LogP contribution in [0.5, 0.6) is 0 Å². The molecular formula is C11H9N3. The minimum atomic E-state index is 0.701. The lowest BCUT2D eigenvalue weighted by Crippen LogP contribution is -2.18. The van der Waals surface area contributed by atoms with E-state index in [1.165, 1.54) is 0 Å². The van der Waals surface area contributed by atoms with E-state index in [1.54, 1.807) is 0 Å². The van der Waals surface area contributed by atoms with Crippen molar-refractivity contribution in [2.24, 2.45) is 4.99 Å². The first kappa shape index (κ1) is 7.50. The molecule has 3 rings (SSSR count). The van der Waals surface area contributed by atoms with Crippen LogP contribution in [0.1, 0.15) is 5.69 Å². The summed E-state index contributed by atoms with van der Waals surface area (Å²) in [6, 6.07) is 4.02. The van der Waals surface area contributed by atoms with Gasteiger partial charge in [-0.2, -0.15) is 0 Å². The van der Waals surface area contributed by atoms with E-state index in [0.717, 1.165) is 17.1 Å². The second kappa shape index (κ2) is 2.80. The molecule has 68 valence electrons. The summed E-state index contributed by atoms with van der Waals surface area (Å²) in [5, 5.41) is 0. The van der Waals surface area contributed by atoms with E-state index in [4.69, 9.17) is 0 Å². The maximum atomic E-state index is 4.32. The van der Waals surface area contributed by atoms with Crippen molar-refractivity contribution >= 4 is 18.0 Å². The average Bonchev–Trinajstić information content (AvgIpc) is 2.61. The van der Waals surface area contributed by atoms with E-state index in [-0.39, 0.29) is 0 Å². The van der Waals surface area contributed by atoms with Crippen molar-refractivity contribution in [3.05, 3.63) is 41.9 Å². The minimum absolute atomic E-state index is 0.701. The van der Waals surface area contributed by atoms with Gasteiger partial charge in [-0.15, -0.1) is 0 Å². The predicted octanol–water partition coefficient (Wildman–Crippen LogP) is 1.84. The van der Waals surface area contributed by atoms with Gasteiger partial charge in [0.1, 0.15) is 6.67 Å². The zero-order valence-electron chi connectivity index (χ0n) is 7.59. The minimum Gasteiger partial charge on any atom is -0.318 e. The van der Waals surface area contributed by atoms with Gasteiger partial charge >= 0.3 is 0 Å². The summed E-state index contributed by atoms with van der Waals surface area (Å²) in [6.45, 7) is 0.701. The second-order valence-corrected chi connectivity index (χ2v) is 3.24. The molecule has 3 heteroatoms. The molecule has 2 aliphatic rings. The van der Waals surface area contributed by atoms with Crippen LogP contribution in [0.4, 0.5) is 5.69 Å². The normalized spacial score (nSPS) is 17.4. The molecule has 3 nitrogen and oxygen atoms in total. The molecule has 0 saturated heterocycles. The fourth-order valence-electron chi connectivity index (χ4n) is 1.72. The fourth-order valence-corrected chi connectivity index (χ4v) is 1.72. The van der Waals surface area contributed by atoms with Crippen LogP contribution in [0.15, 0.2) is 41.2 Å². The number of allylic oxidation sites excluding steroid dienone is 3. The maximum absolute atomic E-state index is 4.32. The van der Waals surface area contributed by atoms with Crippen molar-refractivity contribution in [3.63, 3.8) is 0 Å². The summed E-state index contributed by atoms with van der Waals surface area (Å²) in [5.74, 6) is 0. The number of fused-ring (bicyclic) bond motifs is 3. The predicted molar refractivity (Wildman–Crippen MR) is 57.2 cm³/mol. The highest BCUT2D eigenvalue weighted by Crippen LogP contribution is 2.27. The Morgan fingerprint density at radius 3 is 3.36 bits per heavy atom. The van der Waals surface area contributed by atoms with E-state index >= 15 is 0 Å². The van der Waals surface area contributed by atoms with Crippen molar-refractivity contribution in [2.75, 3.05) is 11.6 Å². The van der Waals surface area contributed by atoms with E-state index < -0.39 is 0 Å². The van der Waals surface area contributed by atoms with Crippen molar-refractivity contribution in [2.45, 2.75) is 0 Å². The first-order chi connectivity index (χ1) is 6.95. The molecule has 0 saturated carbocycles. The monoisotopic (exact) mass is 183 g/mol. The molecule has 0 bridgehead atoms. The molecule has 0 amide bonds. The standard InChI is InChI=1S/C11H9N3/c1-3-9-7-12-8-14(9)11-5-2-6-13-10(11)4-1/h1-7H,8H2. The van der Waals surface area contributed by atoms with Crippen LogP contribution in [-0.2, 0) is 0 Å². The van der Waals surface area contributed by atoms with E-state index in [2.05, 4.69) is 27.0 Å². The molecule has 0 radical (unpaired) electrons. The number of hydrogen-bond donors (Lipinski definition) is 0. The van der Waals surface area contributed by atoms with Crippen LogP contribution in [0.3, 0.4) is 0 Å². The van der Waals surface area contributed by atoms with Gasteiger partial charge in [-0.05, 0) is 24.3 Å². The second-order valence-electron chi connectivity index (χ2n) is 3.24. The number of pyridine rings is 1. The van der Waals surface area contributed by atoms with Crippen LogP contribution in [0.2, 0.25) is 0 Å². The molecule has 0 N–H and O–H groups in total. The number of aliphatic imine (C=N–C) groups is 1. The summed E-state index contributed by atoms with van der Waals surface area (Å²) in [6.07, 6.45) is 9.79. The Bertz CT molecular complexity index is 457. The Balaban J connectivity index is 2.20. The smallest absolute Gasteiger partial charge is 0.115 e. The molecular weight excluding hydrogens is 174 g/mol. The number of anilines is 1. The molecule has 14 heavy (non-hydrogen) atoms. The zero-order valence-corrected chi connectivity index (χ0v) is 7.59. The van der Waals surface area contributed by atoms with Crippen LogP contribution in [0, 0.1) is 0 Å². The Labute approximate surface area is 82.1 Å². The fraction of sp³-hybridized carbons (Fsp3) is 0.0909. The summed E-state index contributed by atoms with van der Waals surface area (Å²) < 4.78 is 0. The van der Waals surface area contributed by atoms with Crippen LogP contribution >= 0.6 is 0 Å². The lowest BCUT2D eigenvalue weighted by Gasteiger charge is -2.18. The molecule has 3 heterocycles. The summed E-state index contributed by atoms with van der Waals surface area (Å²) >= 11 is 0. The van der Waals surface area contributed by atoms with Crippen LogP contribution in [-0.4, -0.2) is 17.9 Å². The molecule has 0 aliphatic carbocycles. The van der Waals surface area contributed by atoms with E-state index in [9.17, 15) is 0 Å². The first-order valence-corrected chi connectivity index (χ1v) is 4.56. The van der Waals surface area contributed by atoms with Gasteiger partial charge in [0, 0.05) is 12.4 Å². The number of nitrogens with zero attached hydrogens (tertiary/aromatic N) is 3. The molecule has 1 aromatic heterocycles. The van der Waals surface area contributed by atoms with Gasteiger partial charge in [-0.3, -0.25) is 9.98 Å². The molecule has 2 aliphatic heterocycles. The van der Waals surface area contributed by atoms with Gasteiger partial charge in [0.25, 0.3) is 0 Å². The number of hydrogen-bond acceptors (Lipinski definition) is 3. The SMILES string of the molecule is C1=Cc2ncccc2N2CN=CC2=C1. The van der Waals surface area contributed by atoms with Crippen LogP contribution < -0.4 is 4.90 Å².